The zero-order valence-corrected chi connectivity index (χ0v) is 6.82. The molecule has 0 fully saturated rings. The van der Waals surface area contributed by atoms with Gasteiger partial charge in [-0.05, 0) is 6.92 Å². The average Bonchev–Trinajstić information content (AvgIpc) is 1.41. The topological polar surface area (TPSA) is 0 Å². The summed E-state index contributed by atoms with van der Waals surface area (Å²) >= 11 is 0. The Bertz CT molecular complexity index is 35.1. The van der Waals surface area contributed by atoms with Crippen LogP contribution >= 0.6 is 0 Å². The maximum Gasteiger partial charge on any atom is 2.00 e. The van der Waals surface area contributed by atoms with Gasteiger partial charge >= 0.3 is 23.1 Å². The van der Waals surface area contributed by atoms with Gasteiger partial charge in [-0.25, -0.2) is 0 Å². The van der Waals surface area contributed by atoms with Gasteiger partial charge < -0.3 is 19.3 Å². The van der Waals surface area contributed by atoms with E-state index in [1.165, 1.54) is 0 Å². The van der Waals surface area contributed by atoms with E-state index in [9.17, 15) is 0 Å². The van der Waals surface area contributed by atoms with Crippen LogP contribution in [0.1, 0.15) is 13.3 Å². The van der Waals surface area contributed by atoms with Crippen molar-refractivity contribution in [3.05, 3.63) is 19.1 Å². The first-order valence-corrected chi connectivity index (χ1v) is 1.82. The Kier molecular flexibility index (Phi) is 35.4. The summed E-state index contributed by atoms with van der Waals surface area (Å²) in [4.78, 5) is 0. The van der Waals surface area contributed by atoms with Gasteiger partial charge in [-0.15, -0.1) is 6.08 Å². The smallest absolute Gasteiger partial charge is 1.00 e. The molecule has 0 rings (SSSR count). The quantitative estimate of drug-likeness (QED) is 0.227. The van der Waals surface area contributed by atoms with E-state index in [1.54, 1.807) is 0 Å². The molecule has 0 aromatic heterocycles. The first kappa shape index (κ1) is 15.7. The number of rotatable bonds is 1. The van der Waals surface area contributed by atoms with Gasteiger partial charge in [-0.1, -0.05) is 6.08 Å². The third-order valence-corrected chi connectivity index (χ3v) is 0.402. The Morgan fingerprint density at radius 3 is 2.00 bits per heavy atom. The van der Waals surface area contributed by atoms with Crippen molar-refractivity contribution in [2.75, 3.05) is 0 Å². The van der Waals surface area contributed by atoms with E-state index in [0.29, 0.717) is 0 Å². The summed E-state index contributed by atoms with van der Waals surface area (Å²) in [6, 6.07) is 0. The van der Waals surface area contributed by atoms with Crippen LogP contribution in [0.15, 0.2) is 12.2 Å². The van der Waals surface area contributed by atoms with E-state index in [4.69, 9.17) is 0 Å². The Balaban J connectivity index is -0.0000000800. The molecule has 0 radical (unpaired) electrons. The Hall–Kier alpha value is 0.796. The van der Waals surface area contributed by atoms with Gasteiger partial charge in [0.05, 0.1) is 0 Å². The van der Waals surface area contributed by atoms with Crippen LogP contribution in [0.3, 0.4) is 0 Å². The summed E-state index contributed by atoms with van der Waals surface area (Å²) in [6.45, 7) is 5.58. The minimum absolute atomic E-state index is 0. The van der Waals surface area contributed by atoms with Crippen molar-refractivity contribution in [3.8, 4) is 0 Å². The van der Waals surface area contributed by atoms with Crippen molar-refractivity contribution in [1.29, 1.82) is 0 Å². The molecule has 0 aliphatic rings. The predicted molar refractivity (Wildman–Crippen MR) is 30.5 cm³/mol. The summed E-state index contributed by atoms with van der Waals surface area (Å²) in [5.74, 6) is 0. The molecular weight excluding hydrogens is 120 g/mol. The van der Waals surface area contributed by atoms with Gasteiger partial charge in [0.15, 0.2) is 0 Å². The van der Waals surface area contributed by atoms with Gasteiger partial charge in [-0.2, -0.15) is 6.42 Å². The molecule has 0 bridgehead atoms. The zero-order chi connectivity index (χ0) is 4.12. The molecule has 0 aliphatic heterocycles. The maximum absolute atomic E-state index is 3.59. The van der Waals surface area contributed by atoms with E-state index in [2.05, 4.69) is 6.92 Å². The molecule has 0 unspecified atom stereocenters. The molecule has 0 spiro atoms. The average molecular weight is 129 g/mol. The molecule has 0 saturated heterocycles. The van der Waals surface area contributed by atoms with Gasteiger partial charge in [0.1, 0.15) is 0 Å². The second-order valence-corrected chi connectivity index (χ2v) is 0.858. The first-order chi connectivity index (χ1) is 2.41. The van der Waals surface area contributed by atoms with Crippen molar-refractivity contribution in [3.63, 3.8) is 0 Å². The second kappa shape index (κ2) is 15.8. The monoisotopic (exact) mass is 128 g/mol. The molecule has 0 heterocycles. The van der Waals surface area contributed by atoms with Gasteiger partial charge in [0, 0.05) is 0 Å². The molecule has 7 heavy (non-hydrogen) atoms. The molecule has 0 aromatic carbocycles. The summed E-state index contributed by atoms with van der Waals surface area (Å²) in [5, 5.41) is 0. The van der Waals surface area contributed by atoms with E-state index >= 15 is 0 Å². The van der Waals surface area contributed by atoms with Crippen molar-refractivity contribution >= 4 is 23.1 Å². The first-order valence-electron chi connectivity index (χ1n) is 1.82. The minimum atomic E-state index is 0. The molecule has 2 heteroatoms. The van der Waals surface area contributed by atoms with E-state index in [0.717, 1.165) is 6.42 Å². The molecule has 0 amide bonds. The zero-order valence-electron chi connectivity index (χ0n) is 4.65. The van der Waals surface area contributed by atoms with Gasteiger partial charge in [-0.3, -0.25) is 0 Å². The number of allylic oxidation sites excluding steroid dienone is 2. The van der Waals surface area contributed by atoms with Crippen LogP contribution in [0.2, 0.25) is 0 Å². The molecule has 0 atom stereocenters. The molecule has 0 nitrogen and oxygen atoms in total. The molecule has 38 valence electrons. The van der Waals surface area contributed by atoms with E-state index in [-0.39, 0.29) is 35.5 Å². The minimum Gasteiger partial charge on any atom is -1.00 e. The van der Waals surface area contributed by atoms with Crippen LogP contribution in [0, 0.1) is 6.92 Å². The van der Waals surface area contributed by atoms with Crippen molar-refractivity contribution in [2.45, 2.75) is 13.3 Å². The Morgan fingerprint density at radius 2 is 2.00 bits per heavy atom. The molecule has 0 saturated carbocycles. The van der Waals surface area contributed by atoms with E-state index in [1.807, 2.05) is 19.1 Å². The van der Waals surface area contributed by atoms with Gasteiger partial charge in [0.2, 0.25) is 0 Å². The summed E-state index contributed by atoms with van der Waals surface area (Å²) in [5.41, 5.74) is 0. The SMILES string of the molecule is [CH2-]CC=CC.[Cl-].[Mg+2]. The molecule has 0 N–H and O–H groups in total. The van der Waals surface area contributed by atoms with Crippen LogP contribution in [0.5, 0.6) is 0 Å². The predicted octanol–water partition coefficient (Wildman–Crippen LogP) is -1.59. The standard InChI is InChI=1S/C5H9.ClH.Mg/c1-3-5-4-2;;/h4-5H,1,3H2,2H3;1H;/q-1;;+2/p-1. The molecular formula is C5H9ClMg. The van der Waals surface area contributed by atoms with Crippen molar-refractivity contribution in [2.24, 2.45) is 0 Å². The fourth-order valence-corrected chi connectivity index (χ4v) is 0.167. The van der Waals surface area contributed by atoms with Crippen LogP contribution in [-0.2, 0) is 0 Å². The molecule has 0 aliphatic carbocycles. The van der Waals surface area contributed by atoms with Crippen LogP contribution in [0.25, 0.3) is 0 Å². The van der Waals surface area contributed by atoms with Crippen molar-refractivity contribution in [1.82, 2.24) is 0 Å². The number of hydrogen-bond acceptors (Lipinski definition) is 0. The fraction of sp³-hybridized carbons (Fsp3) is 0.400. The fourth-order valence-electron chi connectivity index (χ4n) is 0.167. The number of halogens is 1. The van der Waals surface area contributed by atoms with Gasteiger partial charge in [0.25, 0.3) is 0 Å². The normalized spacial score (nSPS) is 7.14. The number of hydrogen-bond donors (Lipinski definition) is 0. The summed E-state index contributed by atoms with van der Waals surface area (Å²) < 4.78 is 0. The van der Waals surface area contributed by atoms with Crippen LogP contribution in [0.4, 0.5) is 0 Å². The van der Waals surface area contributed by atoms with Crippen LogP contribution in [-0.4, -0.2) is 23.1 Å². The van der Waals surface area contributed by atoms with Crippen molar-refractivity contribution < 1.29 is 12.4 Å². The third kappa shape index (κ3) is 20.0. The third-order valence-electron chi connectivity index (χ3n) is 0.402. The second-order valence-electron chi connectivity index (χ2n) is 0.858. The Morgan fingerprint density at radius 1 is 1.57 bits per heavy atom. The molecule has 0 aromatic rings. The maximum atomic E-state index is 3.59. The van der Waals surface area contributed by atoms with E-state index < -0.39 is 0 Å². The summed E-state index contributed by atoms with van der Waals surface area (Å²) in [6.07, 6.45) is 4.92. The Labute approximate surface area is 67.9 Å². The summed E-state index contributed by atoms with van der Waals surface area (Å²) in [7, 11) is 0. The largest absolute Gasteiger partial charge is 2.00 e. The van der Waals surface area contributed by atoms with Crippen LogP contribution < -0.4 is 12.4 Å².